The Morgan fingerprint density at radius 1 is 0.315 bits per heavy atom. The molecular formula is C52H35NS. The highest BCUT2D eigenvalue weighted by atomic mass is 32.1. The molecule has 0 aliphatic heterocycles. The predicted octanol–water partition coefficient (Wildman–Crippen LogP) is 15.3. The van der Waals surface area contributed by atoms with Gasteiger partial charge in [0.1, 0.15) is 0 Å². The van der Waals surface area contributed by atoms with Gasteiger partial charge in [0.2, 0.25) is 0 Å². The Balaban J connectivity index is 1.16. The van der Waals surface area contributed by atoms with Crippen molar-refractivity contribution >= 4 is 59.3 Å². The molecule has 0 aliphatic carbocycles. The molecule has 1 aromatic heterocycles. The van der Waals surface area contributed by atoms with Crippen molar-refractivity contribution < 1.29 is 0 Å². The van der Waals surface area contributed by atoms with Crippen molar-refractivity contribution in [3.8, 4) is 44.5 Å². The van der Waals surface area contributed by atoms with Crippen molar-refractivity contribution in [3.05, 3.63) is 212 Å². The normalized spacial score (nSPS) is 11.3. The molecular weight excluding hydrogens is 671 g/mol. The van der Waals surface area contributed by atoms with E-state index in [1.165, 1.54) is 81.1 Å². The van der Waals surface area contributed by atoms with Crippen LogP contribution in [0, 0.1) is 0 Å². The zero-order valence-electron chi connectivity index (χ0n) is 29.6. The number of thiophene rings is 1. The average molecular weight is 706 g/mol. The second-order valence-electron chi connectivity index (χ2n) is 13.7. The number of hydrogen-bond donors (Lipinski definition) is 0. The van der Waals surface area contributed by atoms with Crippen LogP contribution in [-0.2, 0) is 0 Å². The Morgan fingerprint density at radius 3 is 1.69 bits per heavy atom. The van der Waals surface area contributed by atoms with Crippen LogP contribution >= 0.6 is 11.3 Å². The Bertz CT molecular complexity index is 2940. The molecule has 0 radical (unpaired) electrons. The summed E-state index contributed by atoms with van der Waals surface area (Å²) in [6.45, 7) is 0. The lowest BCUT2D eigenvalue weighted by Gasteiger charge is -2.28. The van der Waals surface area contributed by atoms with Gasteiger partial charge in [-0.15, -0.1) is 11.3 Å². The van der Waals surface area contributed by atoms with E-state index in [0.717, 1.165) is 11.4 Å². The first kappa shape index (κ1) is 32.0. The third-order valence-electron chi connectivity index (χ3n) is 10.4. The van der Waals surface area contributed by atoms with Crippen molar-refractivity contribution in [2.75, 3.05) is 4.90 Å². The lowest BCUT2D eigenvalue weighted by atomic mass is 9.93. The lowest BCUT2D eigenvalue weighted by Crippen LogP contribution is -2.10. The van der Waals surface area contributed by atoms with Gasteiger partial charge in [-0.05, 0) is 104 Å². The van der Waals surface area contributed by atoms with Crippen molar-refractivity contribution in [1.82, 2.24) is 0 Å². The molecule has 54 heavy (non-hydrogen) atoms. The van der Waals surface area contributed by atoms with Gasteiger partial charge in [-0.3, -0.25) is 0 Å². The summed E-state index contributed by atoms with van der Waals surface area (Å²) in [5.41, 5.74) is 13.0. The molecule has 1 nitrogen and oxygen atoms in total. The monoisotopic (exact) mass is 705 g/mol. The Labute approximate surface area is 319 Å². The van der Waals surface area contributed by atoms with E-state index in [9.17, 15) is 0 Å². The first-order valence-corrected chi connectivity index (χ1v) is 19.2. The van der Waals surface area contributed by atoms with Gasteiger partial charge in [-0.25, -0.2) is 0 Å². The van der Waals surface area contributed by atoms with Gasteiger partial charge in [-0.1, -0.05) is 164 Å². The van der Waals surface area contributed by atoms with Crippen LogP contribution in [0.2, 0.25) is 0 Å². The van der Waals surface area contributed by atoms with Gasteiger partial charge in [0.15, 0.2) is 0 Å². The van der Waals surface area contributed by atoms with Gasteiger partial charge < -0.3 is 4.90 Å². The second-order valence-corrected chi connectivity index (χ2v) is 14.8. The van der Waals surface area contributed by atoms with Gasteiger partial charge in [0.05, 0.1) is 10.4 Å². The van der Waals surface area contributed by atoms with Crippen LogP contribution in [0.4, 0.5) is 17.1 Å². The number of nitrogens with zero attached hydrogens (tertiary/aromatic N) is 1. The standard InChI is InChI=1S/C52H35NS/c1-3-15-37(16-4-1)46-31-30-45(35-49(46)38-17-5-2-6-18-38)53(50-26-13-25-48-47-24-9-10-27-51(47)54-52(48)50)44-23-12-22-42(34-44)40-20-11-21-41(33-40)43-29-28-36-14-7-8-19-39(36)32-43/h1-35H. The molecule has 0 amide bonds. The molecule has 10 aromatic rings. The Kier molecular flexibility index (Phi) is 8.09. The fraction of sp³-hybridized carbons (Fsp3) is 0. The molecule has 9 aromatic carbocycles. The summed E-state index contributed by atoms with van der Waals surface area (Å²) in [6.07, 6.45) is 0. The molecule has 0 N–H and O–H groups in total. The molecule has 0 spiro atoms. The molecule has 254 valence electrons. The molecule has 0 unspecified atom stereocenters. The van der Waals surface area contributed by atoms with E-state index in [4.69, 9.17) is 0 Å². The van der Waals surface area contributed by atoms with Gasteiger partial charge in [0, 0.05) is 26.8 Å². The number of hydrogen-bond acceptors (Lipinski definition) is 2. The van der Waals surface area contributed by atoms with Gasteiger partial charge >= 0.3 is 0 Å². The topological polar surface area (TPSA) is 3.24 Å². The SMILES string of the molecule is c1ccc(-c2ccc(N(c3cccc(-c4cccc(-c5ccc6ccccc6c5)c4)c3)c3cccc4c3sc3ccccc34)cc2-c2ccccc2)cc1. The minimum Gasteiger partial charge on any atom is -0.309 e. The van der Waals surface area contributed by atoms with Crippen molar-refractivity contribution in [3.63, 3.8) is 0 Å². The highest BCUT2D eigenvalue weighted by Gasteiger charge is 2.20. The van der Waals surface area contributed by atoms with Crippen molar-refractivity contribution in [2.24, 2.45) is 0 Å². The Hall–Kier alpha value is -6.74. The molecule has 1 heterocycles. The summed E-state index contributed by atoms with van der Waals surface area (Å²) in [5, 5.41) is 5.08. The van der Waals surface area contributed by atoms with E-state index in [-0.39, 0.29) is 0 Å². The largest absolute Gasteiger partial charge is 0.309 e. The van der Waals surface area contributed by atoms with E-state index >= 15 is 0 Å². The summed E-state index contributed by atoms with van der Waals surface area (Å²) in [6, 6.07) is 77.2. The zero-order valence-corrected chi connectivity index (χ0v) is 30.4. The van der Waals surface area contributed by atoms with Crippen molar-refractivity contribution in [2.45, 2.75) is 0 Å². The fourth-order valence-corrected chi connectivity index (χ4v) is 9.01. The molecule has 2 heteroatoms. The summed E-state index contributed by atoms with van der Waals surface area (Å²) in [7, 11) is 0. The smallest absolute Gasteiger partial charge is 0.0640 e. The predicted molar refractivity (Wildman–Crippen MR) is 233 cm³/mol. The van der Waals surface area contributed by atoms with Crippen molar-refractivity contribution in [1.29, 1.82) is 0 Å². The average Bonchev–Trinajstić information content (AvgIpc) is 3.64. The van der Waals surface area contributed by atoms with Crippen LogP contribution in [0.5, 0.6) is 0 Å². The van der Waals surface area contributed by atoms with E-state index in [1.54, 1.807) is 0 Å². The summed E-state index contributed by atoms with van der Waals surface area (Å²) in [4.78, 5) is 2.45. The molecule has 0 fully saturated rings. The van der Waals surface area contributed by atoms with Crippen LogP contribution in [0.1, 0.15) is 0 Å². The maximum absolute atomic E-state index is 2.45. The lowest BCUT2D eigenvalue weighted by molar-refractivity contribution is 1.30. The minimum absolute atomic E-state index is 1.11. The van der Waals surface area contributed by atoms with Gasteiger partial charge in [0.25, 0.3) is 0 Å². The number of rotatable bonds is 7. The summed E-state index contributed by atoms with van der Waals surface area (Å²) < 4.78 is 2.57. The molecule has 0 saturated carbocycles. The Morgan fingerprint density at radius 2 is 0.889 bits per heavy atom. The second kappa shape index (κ2) is 13.7. The maximum Gasteiger partial charge on any atom is 0.0640 e. The highest BCUT2D eigenvalue weighted by molar-refractivity contribution is 7.26. The maximum atomic E-state index is 2.45. The van der Waals surface area contributed by atoms with E-state index in [1.807, 2.05) is 11.3 Å². The fourth-order valence-electron chi connectivity index (χ4n) is 7.80. The van der Waals surface area contributed by atoms with Crippen LogP contribution < -0.4 is 4.90 Å². The molecule has 0 bridgehead atoms. The molecule has 10 rings (SSSR count). The van der Waals surface area contributed by atoms with Crippen LogP contribution in [0.3, 0.4) is 0 Å². The first-order chi connectivity index (χ1) is 26.8. The van der Waals surface area contributed by atoms with Crippen LogP contribution in [-0.4, -0.2) is 0 Å². The van der Waals surface area contributed by atoms with E-state index in [2.05, 4.69) is 217 Å². The third-order valence-corrected chi connectivity index (χ3v) is 11.6. The van der Waals surface area contributed by atoms with Crippen LogP contribution in [0.25, 0.3) is 75.5 Å². The quantitative estimate of drug-likeness (QED) is 0.160. The van der Waals surface area contributed by atoms with E-state index < -0.39 is 0 Å². The van der Waals surface area contributed by atoms with Gasteiger partial charge in [-0.2, -0.15) is 0 Å². The summed E-state index contributed by atoms with van der Waals surface area (Å²) in [5.74, 6) is 0. The summed E-state index contributed by atoms with van der Waals surface area (Å²) >= 11 is 1.87. The molecule has 0 saturated heterocycles. The highest BCUT2D eigenvalue weighted by Crippen LogP contribution is 2.47. The van der Waals surface area contributed by atoms with E-state index in [0.29, 0.717) is 0 Å². The molecule has 0 aliphatic rings. The van der Waals surface area contributed by atoms with Crippen LogP contribution in [0.15, 0.2) is 212 Å². The first-order valence-electron chi connectivity index (χ1n) is 18.4. The number of fused-ring (bicyclic) bond motifs is 4. The zero-order chi connectivity index (χ0) is 35.8. The molecule has 0 atom stereocenters. The number of benzene rings is 9. The third kappa shape index (κ3) is 5.84. The minimum atomic E-state index is 1.11. The number of anilines is 3.